The fourth-order valence-electron chi connectivity index (χ4n) is 5.39. The minimum absolute atomic E-state index is 0.209. The smallest absolute Gasteiger partial charge is 0.259 e. The van der Waals surface area contributed by atoms with E-state index in [1.165, 1.54) is 12.1 Å². The van der Waals surface area contributed by atoms with Crippen LogP contribution in [0.1, 0.15) is 34.5 Å². The Morgan fingerprint density at radius 3 is 2.54 bits per heavy atom. The van der Waals surface area contributed by atoms with Crippen molar-refractivity contribution in [3.05, 3.63) is 77.0 Å². The van der Waals surface area contributed by atoms with Gasteiger partial charge in [-0.15, -0.1) is 0 Å². The van der Waals surface area contributed by atoms with Crippen LogP contribution in [-0.2, 0) is 11.2 Å². The molecule has 3 N–H and O–H groups in total. The zero-order valence-corrected chi connectivity index (χ0v) is 22.9. The van der Waals surface area contributed by atoms with Crippen LogP contribution in [0.25, 0.3) is 11.0 Å². The van der Waals surface area contributed by atoms with Crippen molar-refractivity contribution in [3.63, 3.8) is 0 Å². The molecule has 0 unspecified atom stereocenters. The van der Waals surface area contributed by atoms with E-state index in [0.29, 0.717) is 41.1 Å². The van der Waals surface area contributed by atoms with Gasteiger partial charge >= 0.3 is 0 Å². The summed E-state index contributed by atoms with van der Waals surface area (Å²) in [5, 5.41) is 13.7. The zero-order chi connectivity index (χ0) is 28.3. The largest absolute Gasteiger partial charge is 0.381 e. The number of pyridine rings is 1. The normalized spacial score (nSPS) is 16.7. The lowest BCUT2D eigenvalue weighted by molar-refractivity contribution is 0.0904. The summed E-state index contributed by atoms with van der Waals surface area (Å²) in [6.45, 7) is 5.20. The average molecular weight is 562 g/mol. The molecule has 0 spiro atoms. The van der Waals surface area contributed by atoms with Gasteiger partial charge in [-0.1, -0.05) is 0 Å². The van der Waals surface area contributed by atoms with Crippen molar-refractivity contribution < 1.29 is 18.3 Å². The first kappa shape index (κ1) is 27.1. The molecule has 1 amide bonds. The van der Waals surface area contributed by atoms with E-state index in [1.54, 1.807) is 12.1 Å². The number of hydrogen-bond donors (Lipinski definition) is 3. The van der Waals surface area contributed by atoms with E-state index in [-0.39, 0.29) is 24.2 Å². The molecule has 2 saturated heterocycles. The summed E-state index contributed by atoms with van der Waals surface area (Å²) in [5.74, 6) is -1.29. The second-order valence-corrected chi connectivity index (χ2v) is 10.7. The molecule has 2 aliphatic rings. The zero-order valence-electron chi connectivity index (χ0n) is 22.9. The van der Waals surface area contributed by atoms with Gasteiger partial charge in [0.1, 0.15) is 17.2 Å². The molecule has 0 radical (unpaired) electrons. The minimum Gasteiger partial charge on any atom is -0.381 e. The number of piperazine rings is 1. The molecule has 41 heavy (non-hydrogen) atoms. The number of carbonyl (C=O) groups is 1. The van der Waals surface area contributed by atoms with E-state index < -0.39 is 11.6 Å². The number of nitrogens with zero attached hydrogens (tertiary/aromatic N) is 4. The number of hydrogen-bond acceptors (Lipinski definition) is 7. The Labute approximate surface area is 236 Å². The molecule has 0 bridgehead atoms. The van der Waals surface area contributed by atoms with E-state index in [1.807, 2.05) is 12.1 Å². The standard InChI is InChI=1S/C30H33F2N7O2/c1-38-8-10-39(11-9-38)24-3-4-25(27(18-24)33-22-6-12-41-13-7-22)30(40)35-29-28-26(36-37-29)5-2-23(34-28)16-19-14-20(31)17-21(32)15-19/h2-5,14-15,17-18,22,33H,6-13,16H2,1H3,(H2,35,36,37,40). The van der Waals surface area contributed by atoms with Gasteiger partial charge in [0.15, 0.2) is 5.82 Å². The van der Waals surface area contributed by atoms with Crippen LogP contribution in [0, 0.1) is 11.6 Å². The Hall–Kier alpha value is -4.09. The van der Waals surface area contributed by atoms with Crippen molar-refractivity contribution in [3.8, 4) is 0 Å². The summed E-state index contributed by atoms with van der Waals surface area (Å²) in [6.07, 6.45) is 1.97. The van der Waals surface area contributed by atoms with Crippen LogP contribution in [0.2, 0.25) is 0 Å². The van der Waals surface area contributed by atoms with E-state index in [9.17, 15) is 13.6 Å². The van der Waals surface area contributed by atoms with Gasteiger partial charge in [0.25, 0.3) is 5.91 Å². The molecule has 0 atom stereocenters. The summed E-state index contributed by atoms with van der Waals surface area (Å²) in [6, 6.07) is 13.1. The van der Waals surface area contributed by atoms with Crippen molar-refractivity contribution in [1.82, 2.24) is 20.1 Å². The maximum absolute atomic E-state index is 13.7. The molecular formula is C30H33F2N7O2. The second kappa shape index (κ2) is 11.8. The third-order valence-corrected chi connectivity index (χ3v) is 7.70. The number of halogens is 2. The van der Waals surface area contributed by atoms with Crippen LogP contribution in [0.5, 0.6) is 0 Å². The SMILES string of the molecule is CN1CCN(c2ccc(C(=O)Nc3n[nH]c4ccc(Cc5cc(F)cc(F)c5)nc34)c(NC3CCOCC3)c2)CC1. The predicted octanol–water partition coefficient (Wildman–Crippen LogP) is 4.42. The van der Waals surface area contributed by atoms with Crippen molar-refractivity contribution in [2.45, 2.75) is 25.3 Å². The maximum Gasteiger partial charge on any atom is 0.259 e. The van der Waals surface area contributed by atoms with Crippen molar-refractivity contribution in [2.75, 3.05) is 62.0 Å². The molecule has 2 aromatic carbocycles. The lowest BCUT2D eigenvalue weighted by atomic mass is 10.1. The van der Waals surface area contributed by atoms with Crippen molar-refractivity contribution in [2.24, 2.45) is 0 Å². The fourth-order valence-corrected chi connectivity index (χ4v) is 5.39. The third-order valence-electron chi connectivity index (χ3n) is 7.70. The maximum atomic E-state index is 13.7. The molecule has 9 nitrogen and oxygen atoms in total. The highest BCUT2D eigenvalue weighted by atomic mass is 19.1. The number of rotatable bonds is 7. The number of H-pyrrole nitrogens is 1. The Morgan fingerprint density at radius 2 is 1.78 bits per heavy atom. The number of anilines is 3. The molecule has 0 saturated carbocycles. The van der Waals surface area contributed by atoms with Gasteiger partial charge in [0.05, 0.1) is 11.1 Å². The molecule has 2 fully saturated rings. The summed E-state index contributed by atoms with van der Waals surface area (Å²) in [4.78, 5) is 22.9. The van der Waals surface area contributed by atoms with E-state index in [4.69, 9.17) is 4.74 Å². The molecule has 6 rings (SSSR count). The van der Waals surface area contributed by atoms with Gasteiger partial charge in [-0.3, -0.25) is 9.89 Å². The molecule has 214 valence electrons. The molecule has 11 heteroatoms. The first-order chi connectivity index (χ1) is 19.9. The van der Waals surface area contributed by atoms with Crippen molar-refractivity contribution in [1.29, 1.82) is 0 Å². The number of aromatic amines is 1. The van der Waals surface area contributed by atoms with Crippen LogP contribution in [0.3, 0.4) is 0 Å². The van der Waals surface area contributed by atoms with Crippen LogP contribution < -0.4 is 15.5 Å². The van der Waals surface area contributed by atoms with E-state index in [2.05, 4.69) is 48.7 Å². The van der Waals surface area contributed by atoms with Gasteiger partial charge in [-0.25, -0.2) is 13.8 Å². The lowest BCUT2D eigenvalue weighted by Crippen LogP contribution is -2.44. The molecular weight excluding hydrogens is 528 g/mol. The fraction of sp³-hybridized carbons (Fsp3) is 0.367. The molecule has 4 aromatic rings. The van der Waals surface area contributed by atoms with Gasteiger partial charge in [0, 0.05) is 75.0 Å². The molecule has 2 aromatic heterocycles. The Morgan fingerprint density at radius 1 is 1.02 bits per heavy atom. The predicted molar refractivity (Wildman–Crippen MR) is 155 cm³/mol. The highest BCUT2D eigenvalue weighted by Crippen LogP contribution is 2.29. The number of benzene rings is 2. The highest BCUT2D eigenvalue weighted by molar-refractivity contribution is 6.10. The number of likely N-dealkylation sites (N-methyl/N-ethyl adjacent to an activating group) is 1. The number of amides is 1. The Balaban J connectivity index is 1.25. The van der Waals surface area contributed by atoms with Crippen LogP contribution in [0.15, 0.2) is 48.5 Å². The highest BCUT2D eigenvalue weighted by Gasteiger charge is 2.22. The number of ether oxygens (including phenoxy) is 1. The monoisotopic (exact) mass is 561 g/mol. The topological polar surface area (TPSA) is 98.4 Å². The van der Waals surface area contributed by atoms with Gasteiger partial charge in [-0.2, -0.15) is 5.10 Å². The first-order valence-electron chi connectivity index (χ1n) is 13.9. The third kappa shape index (κ3) is 6.31. The number of aromatic nitrogens is 3. The number of nitrogens with one attached hydrogen (secondary N) is 3. The van der Waals surface area contributed by atoms with Gasteiger partial charge < -0.3 is 25.2 Å². The summed E-state index contributed by atoms with van der Waals surface area (Å²) in [7, 11) is 2.13. The summed E-state index contributed by atoms with van der Waals surface area (Å²) in [5.41, 5.74) is 4.53. The number of fused-ring (bicyclic) bond motifs is 1. The average Bonchev–Trinajstić information content (AvgIpc) is 3.35. The van der Waals surface area contributed by atoms with Crippen LogP contribution in [-0.4, -0.2) is 78.5 Å². The first-order valence-corrected chi connectivity index (χ1v) is 13.9. The Kier molecular flexibility index (Phi) is 7.80. The minimum atomic E-state index is -0.638. The molecule has 2 aliphatic heterocycles. The van der Waals surface area contributed by atoms with Crippen LogP contribution >= 0.6 is 0 Å². The molecule has 0 aliphatic carbocycles. The quantitative estimate of drug-likeness (QED) is 0.307. The van der Waals surface area contributed by atoms with E-state index >= 15 is 0 Å². The van der Waals surface area contributed by atoms with Crippen molar-refractivity contribution >= 4 is 34.1 Å². The second-order valence-electron chi connectivity index (χ2n) is 10.7. The lowest BCUT2D eigenvalue weighted by Gasteiger charge is -2.34. The molecule has 4 heterocycles. The van der Waals surface area contributed by atoms with Gasteiger partial charge in [0.2, 0.25) is 0 Å². The summed E-state index contributed by atoms with van der Waals surface area (Å²) < 4.78 is 32.9. The summed E-state index contributed by atoms with van der Waals surface area (Å²) >= 11 is 0. The van der Waals surface area contributed by atoms with E-state index in [0.717, 1.165) is 56.5 Å². The van der Waals surface area contributed by atoms with Crippen LogP contribution in [0.4, 0.5) is 26.0 Å². The van der Waals surface area contributed by atoms with Gasteiger partial charge in [-0.05, 0) is 67.9 Å². The Bertz CT molecular complexity index is 1530. The number of carbonyl (C=O) groups excluding carboxylic acids is 1.